The van der Waals surface area contributed by atoms with Gasteiger partial charge in [-0.05, 0) is 45.2 Å². The van der Waals surface area contributed by atoms with Crippen LogP contribution < -0.4 is 5.73 Å². The largest absolute Gasteiger partial charge is 0.324 e. The molecule has 1 heterocycles. The van der Waals surface area contributed by atoms with Crippen LogP contribution in [-0.2, 0) is 0 Å². The Hall–Kier alpha value is -0.0800. The summed E-state index contributed by atoms with van der Waals surface area (Å²) < 4.78 is 0. The molecule has 1 rings (SSSR count). The van der Waals surface area contributed by atoms with Gasteiger partial charge < -0.3 is 10.6 Å². The maximum absolute atomic E-state index is 6.28. The van der Waals surface area contributed by atoms with Gasteiger partial charge in [0.05, 0.1) is 0 Å². The molecule has 0 amide bonds. The number of nitrogens with zero attached hydrogens (tertiary/aromatic N) is 1. The lowest BCUT2D eigenvalue weighted by Gasteiger charge is -2.37. The number of likely N-dealkylation sites (tertiary alicyclic amines) is 1. The summed E-state index contributed by atoms with van der Waals surface area (Å²) in [5.41, 5.74) is 6.31. The summed E-state index contributed by atoms with van der Waals surface area (Å²) in [6.07, 6.45) is 6.43. The van der Waals surface area contributed by atoms with Gasteiger partial charge >= 0.3 is 0 Å². The van der Waals surface area contributed by atoms with Crippen LogP contribution in [0, 0.1) is 5.92 Å². The summed E-state index contributed by atoms with van der Waals surface area (Å²) in [5, 5.41) is 0. The highest BCUT2D eigenvalue weighted by molar-refractivity contribution is 4.84. The Balaban J connectivity index is 2.28. The Labute approximate surface area is 95.2 Å². The Kier molecular flexibility index (Phi) is 5.07. The van der Waals surface area contributed by atoms with Crippen molar-refractivity contribution in [2.75, 3.05) is 19.6 Å². The zero-order valence-corrected chi connectivity index (χ0v) is 10.8. The van der Waals surface area contributed by atoms with Crippen molar-refractivity contribution in [3.8, 4) is 0 Å². The van der Waals surface area contributed by atoms with E-state index in [1.54, 1.807) is 0 Å². The normalized spacial score (nSPS) is 24.0. The van der Waals surface area contributed by atoms with Gasteiger partial charge in [0.1, 0.15) is 0 Å². The van der Waals surface area contributed by atoms with Gasteiger partial charge in [-0.15, -0.1) is 0 Å². The summed E-state index contributed by atoms with van der Waals surface area (Å²) in [6.45, 7) is 10.3. The summed E-state index contributed by atoms with van der Waals surface area (Å²) in [4.78, 5) is 2.56. The Bertz CT molecular complexity index is 169. The minimum Gasteiger partial charge on any atom is -0.324 e. The van der Waals surface area contributed by atoms with Crippen molar-refractivity contribution >= 4 is 0 Å². The van der Waals surface area contributed by atoms with Gasteiger partial charge in [0.2, 0.25) is 0 Å². The smallest absolute Gasteiger partial charge is 0.0254 e. The van der Waals surface area contributed by atoms with E-state index in [9.17, 15) is 0 Å². The number of piperidine rings is 1. The van der Waals surface area contributed by atoms with Crippen LogP contribution in [-0.4, -0.2) is 30.1 Å². The SMILES string of the molecule is CCCC(C)(N)CN1CCC(CC)CC1. The second-order valence-corrected chi connectivity index (χ2v) is 5.53. The van der Waals surface area contributed by atoms with E-state index in [-0.39, 0.29) is 5.54 Å². The highest BCUT2D eigenvalue weighted by atomic mass is 15.1. The predicted octanol–water partition coefficient (Wildman–Crippen LogP) is 2.63. The lowest BCUT2D eigenvalue weighted by atomic mass is 9.91. The number of hydrogen-bond acceptors (Lipinski definition) is 2. The van der Waals surface area contributed by atoms with Crippen molar-refractivity contribution in [3.63, 3.8) is 0 Å². The Morgan fingerprint density at radius 2 is 1.87 bits per heavy atom. The molecule has 0 radical (unpaired) electrons. The standard InChI is InChI=1S/C13H28N2/c1-4-8-13(3,14)11-15-9-6-12(5-2)7-10-15/h12H,4-11,14H2,1-3H3. The van der Waals surface area contributed by atoms with Gasteiger partial charge in [0.15, 0.2) is 0 Å². The van der Waals surface area contributed by atoms with Crippen LogP contribution in [0.3, 0.4) is 0 Å². The third kappa shape index (κ3) is 4.52. The van der Waals surface area contributed by atoms with Crippen LogP contribution in [0.2, 0.25) is 0 Å². The molecule has 2 N–H and O–H groups in total. The minimum atomic E-state index is 0.0216. The molecule has 0 aliphatic carbocycles. The van der Waals surface area contributed by atoms with Gasteiger partial charge in [-0.3, -0.25) is 0 Å². The quantitative estimate of drug-likeness (QED) is 0.759. The van der Waals surface area contributed by atoms with E-state index >= 15 is 0 Å². The molecule has 15 heavy (non-hydrogen) atoms. The molecule has 0 aromatic heterocycles. The van der Waals surface area contributed by atoms with E-state index in [0.717, 1.165) is 18.9 Å². The summed E-state index contributed by atoms with van der Waals surface area (Å²) in [7, 11) is 0. The van der Waals surface area contributed by atoms with Crippen LogP contribution in [0.15, 0.2) is 0 Å². The van der Waals surface area contributed by atoms with E-state index < -0.39 is 0 Å². The molecule has 0 saturated carbocycles. The van der Waals surface area contributed by atoms with Crippen molar-refractivity contribution in [3.05, 3.63) is 0 Å². The van der Waals surface area contributed by atoms with Gasteiger partial charge in [-0.1, -0.05) is 26.7 Å². The summed E-state index contributed by atoms with van der Waals surface area (Å²) in [6, 6.07) is 0. The monoisotopic (exact) mass is 212 g/mol. The Morgan fingerprint density at radius 1 is 1.27 bits per heavy atom. The lowest BCUT2D eigenvalue weighted by molar-refractivity contribution is 0.147. The molecule has 1 saturated heterocycles. The maximum atomic E-state index is 6.28. The highest BCUT2D eigenvalue weighted by Crippen LogP contribution is 2.21. The van der Waals surface area contributed by atoms with E-state index in [0.29, 0.717) is 0 Å². The molecule has 1 unspecified atom stereocenters. The fraction of sp³-hybridized carbons (Fsp3) is 1.00. The van der Waals surface area contributed by atoms with Crippen molar-refractivity contribution < 1.29 is 0 Å². The van der Waals surface area contributed by atoms with E-state index in [2.05, 4.69) is 25.7 Å². The molecular formula is C13H28N2. The van der Waals surface area contributed by atoms with Crippen molar-refractivity contribution in [2.45, 2.75) is 58.4 Å². The van der Waals surface area contributed by atoms with Crippen LogP contribution in [0.5, 0.6) is 0 Å². The first-order valence-corrected chi connectivity index (χ1v) is 6.58. The fourth-order valence-electron chi connectivity index (χ4n) is 2.71. The summed E-state index contributed by atoms with van der Waals surface area (Å²) in [5.74, 6) is 0.969. The number of nitrogens with two attached hydrogens (primary N) is 1. The molecule has 2 heteroatoms. The second kappa shape index (κ2) is 5.86. The highest BCUT2D eigenvalue weighted by Gasteiger charge is 2.24. The molecule has 0 bridgehead atoms. The molecule has 90 valence electrons. The molecule has 0 aromatic carbocycles. The van der Waals surface area contributed by atoms with Crippen LogP contribution in [0.4, 0.5) is 0 Å². The summed E-state index contributed by atoms with van der Waals surface area (Å²) >= 11 is 0. The van der Waals surface area contributed by atoms with Gasteiger partial charge in [-0.25, -0.2) is 0 Å². The third-order valence-corrected chi connectivity index (χ3v) is 3.69. The van der Waals surface area contributed by atoms with Crippen LogP contribution in [0.25, 0.3) is 0 Å². The second-order valence-electron chi connectivity index (χ2n) is 5.53. The van der Waals surface area contributed by atoms with Crippen LogP contribution in [0.1, 0.15) is 52.9 Å². The van der Waals surface area contributed by atoms with Gasteiger partial charge in [-0.2, -0.15) is 0 Å². The topological polar surface area (TPSA) is 29.3 Å². The zero-order chi connectivity index (χ0) is 11.3. The average molecular weight is 212 g/mol. The third-order valence-electron chi connectivity index (χ3n) is 3.69. The van der Waals surface area contributed by atoms with E-state index in [1.807, 2.05) is 0 Å². The lowest BCUT2D eigenvalue weighted by Crippen LogP contribution is -2.49. The molecule has 1 aliphatic rings. The molecule has 2 nitrogen and oxygen atoms in total. The van der Waals surface area contributed by atoms with Gasteiger partial charge in [0.25, 0.3) is 0 Å². The molecular weight excluding hydrogens is 184 g/mol. The first-order valence-electron chi connectivity index (χ1n) is 6.58. The maximum Gasteiger partial charge on any atom is 0.0254 e. The van der Waals surface area contributed by atoms with Crippen molar-refractivity contribution in [1.82, 2.24) is 4.90 Å². The van der Waals surface area contributed by atoms with Crippen LogP contribution >= 0.6 is 0 Å². The molecule has 0 aromatic rings. The molecule has 1 aliphatic heterocycles. The van der Waals surface area contributed by atoms with Gasteiger partial charge in [0, 0.05) is 12.1 Å². The predicted molar refractivity (Wildman–Crippen MR) is 67.0 cm³/mol. The van der Waals surface area contributed by atoms with E-state index in [4.69, 9.17) is 5.73 Å². The number of hydrogen-bond donors (Lipinski definition) is 1. The minimum absolute atomic E-state index is 0.0216. The molecule has 0 spiro atoms. The molecule has 1 fully saturated rings. The first-order chi connectivity index (χ1) is 7.07. The fourth-order valence-corrected chi connectivity index (χ4v) is 2.71. The van der Waals surface area contributed by atoms with E-state index in [1.165, 1.54) is 38.8 Å². The number of rotatable bonds is 5. The molecule has 1 atom stereocenters. The Morgan fingerprint density at radius 3 is 2.33 bits per heavy atom. The van der Waals surface area contributed by atoms with Crippen molar-refractivity contribution in [1.29, 1.82) is 0 Å². The zero-order valence-electron chi connectivity index (χ0n) is 10.8. The average Bonchev–Trinajstić information content (AvgIpc) is 2.18. The van der Waals surface area contributed by atoms with Crippen molar-refractivity contribution in [2.24, 2.45) is 11.7 Å². The first kappa shape index (κ1) is 13.0.